The molecule has 92 valence electrons. The molecule has 0 bridgehead atoms. The van der Waals surface area contributed by atoms with E-state index in [4.69, 9.17) is 11.6 Å². The number of anilines is 1. The first-order valence-electron chi connectivity index (χ1n) is 5.67. The van der Waals surface area contributed by atoms with Crippen LogP contribution in [0.25, 0.3) is 0 Å². The Hall–Kier alpha value is -1.22. The Bertz CT molecular complexity index is 461. The van der Waals surface area contributed by atoms with Crippen molar-refractivity contribution in [2.75, 3.05) is 18.0 Å². The topological polar surface area (TPSA) is 40.5 Å². The van der Waals surface area contributed by atoms with E-state index in [9.17, 15) is 9.90 Å². The van der Waals surface area contributed by atoms with Crippen LogP contribution in [0, 0.1) is 12.3 Å². The second-order valence-corrected chi connectivity index (χ2v) is 5.40. The molecule has 1 saturated heterocycles. The van der Waals surface area contributed by atoms with Crippen molar-refractivity contribution in [3.63, 3.8) is 0 Å². The number of rotatable bonds is 2. The standard InChI is InChI=1S/C13H16ClNO2/c1-9-7-10(14)3-4-11(9)15-6-5-13(2,8-15)12(16)17/h3-4,7H,5-6,8H2,1-2H3,(H,16,17). The largest absolute Gasteiger partial charge is 0.481 e. The summed E-state index contributed by atoms with van der Waals surface area (Å²) in [5.41, 5.74) is 1.54. The van der Waals surface area contributed by atoms with Crippen molar-refractivity contribution in [2.45, 2.75) is 20.3 Å². The van der Waals surface area contributed by atoms with Crippen molar-refractivity contribution >= 4 is 23.3 Å². The molecule has 1 aromatic carbocycles. The lowest BCUT2D eigenvalue weighted by molar-refractivity contribution is -0.146. The third-order valence-corrected chi connectivity index (χ3v) is 3.72. The summed E-state index contributed by atoms with van der Waals surface area (Å²) >= 11 is 5.92. The highest BCUT2D eigenvalue weighted by Gasteiger charge is 2.40. The number of hydrogen-bond acceptors (Lipinski definition) is 2. The maximum Gasteiger partial charge on any atom is 0.311 e. The predicted octanol–water partition coefficient (Wildman–Crippen LogP) is 2.95. The smallest absolute Gasteiger partial charge is 0.311 e. The third-order valence-electron chi connectivity index (χ3n) is 3.49. The highest BCUT2D eigenvalue weighted by Crippen LogP contribution is 2.35. The molecule has 1 heterocycles. The second kappa shape index (κ2) is 4.22. The van der Waals surface area contributed by atoms with E-state index < -0.39 is 11.4 Å². The average Bonchev–Trinajstić information content (AvgIpc) is 2.62. The van der Waals surface area contributed by atoms with Gasteiger partial charge in [0, 0.05) is 23.8 Å². The minimum absolute atomic E-state index is 0.560. The van der Waals surface area contributed by atoms with E-state index in [0.29, 0.717) is 18.0 Å². The number of nitrogens with zero attached hydrogens (tertiary/aromatic N) is 1. The van der Waals surface area contributed by atoms with Crippen LogP contribution in [0.15, 0.2) is 18.2 Å². The predicted molar refractivity (Wildman–Crippen MR) is 68.8 cm³/mol. The molecule has 1 aliphatic heterocycles. The number of halogens is 1. The molecule has 1 unspecified atom stereocenters. The number of benzene rings is 1. The molecule has 0 aliphatic carbocycles. The minimum atomic E-state index is -0.716. The molecule has 2 rings (SSSR count). The molecule has 0 amide bonds. The molecule has 3 nitrogen and oxygen atoms in total. The lowest BCUT2D eigenvalue weighted by Gasteiger charge is -2.23. The van der Waals surface area contributed by atoms with E-state index in [0.717, 1.165) is 17.8 Å². The van der Waals surface area contributed by atoms with Gasteiger partial charge in [-0.05, 0) is 44.0 Å². The normalized spacial score (nSPS) is 24.1. The minimum Gasteiger partial charge on any atom is -0.481 e. The summed E-state index contributed by atoms with van der Waals surface area (Å²) in [6, 6.07) is 5.72. The van der Waals surface area contributed by atoms with Crippen LogP contribution >= 0.6 is 11.6 Å². The Balaban J connectivity index is 2.24. The Labute approximate surface area is 106 Å². The molecule has 1 atom stereocenters. The first-order valence-corrected chi connectivity index (χ1v) is 6.05. The maximum absolute atomic E-state index is 11.2. The molecule has 1 aliphatic rings. The average molecular weight is 254 g/mol. The molecule has 4 heteroatoms. The van der Waals surface area contributed by atoms with Gasteiger partial charge in [0.15, 0.2) is 0 Å². The zero-order valence-electron chi connectivity index (χ0n) is 10.0. The fourth-order valence-corrected chi connectivity index (χ4v) is 2.54. The number of carbonyl (C=O) groups is 1. The van der Waals surface area contributed by atoms with Gasteiger partial charge in [0.1, 0.15) is 0 Å². The van der Waals surface area contributed by atoms with Gasteiger partial charge in [0.2, 0.25) is 0 Å². The van der Waals surface area contributed by atoms with Gasteiger partial charge in [-0.15, -0.1) is 0 Å². The van der Waals surface area contributed by atoms with Gasteiger partial charge in [-0.3, -0.25) is 4.79 Å². The maximum atomic E-state index is 11.2. The van der Waals surface area contributed by atoms with Gasteiger partial charge in [0.05, 0.1) is 5.41 Å². The number of aryl methyl sites for hydroxylation is 1. The van der Waals surface area contributed by atoms with Gasteiger partial charge >= 0.3 is 5.97 Å². The Morgan fingerprint density at radius 2 is 2.24 bits per heavy atom. The molecule has 0 aromatic heterocycles. The number of hydrogen-bond donors (Lipinski definition) is 1. The van der Waals surface area contributed by atoms with Crippen LogP contribution in [-0.4, -0.2) is 24.2 Å². The van der Waals surface area contributed by atoms with E-state index in [1.165, 1.54) is 0 Å². The van der Waals surface area contributed by atoms with Crippen molar-refractivity contribution < 1.29 is 9.90 Å². The van der Waals surface area contributed by atoms with E-state index in [1.54, 1.807) is 6.92 Å². The molecule has 1 N–H and O–H groups in total. The van der Waals surface area contributed by atoms with Crippen molar-refractivity contribution in [1.29, 1.82) is 0 Å². The van der Waals surface area contributed by atoms with Crippen LogP contribution < -0.4 is 4.90 Å². The molecule has 0 saturated carbocycles. The monoisotopic (exact) mass is 253 g/mol. The van der Waals surface area contributed by atoms with E-state index in [-0.39, 0.29) is 0 Å². The highest BCUT2D eigenvalue weighted by molar-refractivity contribution is 6.30. The summed E-state index contributed by atoms with van der Waals surface area (Å²) in [4.78, 5) is 13.3. The number of aliphatic carboxylic acids is 1. The molecule has 1 aromatic rings. The Kier molecular flexibility index (Phi) is 3.04. The molecule has 17 heavy (non-hydrogen) atoms. The fourth-order valence-electron chi connectivity index (χ4n) is 2.31. The van der Waals surface area contributed by atoms with Crippen molar-refractivity contribution in [1.82, 2.24) is 0 Å². The third kappa shape index (κ3) is 2.25. The number of carboxylic acids is 1. The first kappa shape index (κ1) is 12.2. The summed E-state index contributed by atoms with van der Waals surface area (Å²) in [6.45, 7) is 5.15. The van der Waals surface area contributed by atoms with Gasteiger partial charge in [-0.25, -0.2) is 0 Å². The van der Waals surface area contributed by atoms with Gasteiger partial charge in [-0.2, -0.15) is 0 Å². The van der Waals surface area contributed by atoms with Crippen LogP contribution in [0.1, 0.15) is 18.9 Å². The summed E-state index contributed by atoms with van der Waals surface area (Å²) < 4.78 is 0. The van der Waals surface area contributed by atoms with Crippen molar-refractivity contribution in [2.24, 2.45) is 5.41 Å². The van der Waals surface area contributed by atoms with Crippen molar-refractivity contribution in [3.05, 3.63) is 28.8 Å². The molecule has 0 radical (unpaired) electrons. The number of carboxylic acid groups (broad SMARTS) is 1. The van der Waals surface area contributed by atoms with E-state index >= 15 is 0 Å². The molecular formula is C13H16ClNO2. The van der Waals surface area contributed by atoms with Gasteiger partial charge in [-0.1, -0.05) is 11.6 Å². The lowest BCUT2D eigenvalue weighted by atomic mass is 9.90. The van der Waals surface area contributed by atoms with E-state index in [2.05, 4.69) is 4.90 Å². The van der Waals surface area contributed by atoms with Gasteiger partial charge < -0.3 is 10.0 Å². The zero-order chi connectivity index (χ0) is 12.6. The van der Waals surface area contributed by atoms with E-state index in [1.807, 2.05) is 25.1 Å². The molecule has 1 fully saturated rings. The molecule has 0 spiro atoms. The summed E-state index contributed by atoms with van der Waals surface area (Å²) in [5, 5.41) is 9.92. The summed E-state index contributed by atoms with van der Waals surface area (Å²) in [6.07, 6.45) is 0.685. The lowest BCUT2D eigenvalue weighted by Crippen LogP contribution is -2.31. The van der Waals surface area contributed by atoms with Crippen LogP contribution in [0.4, 0.5) is 5.69 Å². The molecular weight excluding hydrogens is 238 g/mol. The van der Waals surface area contributed by atoms with Crippen molar-refractivity contribution in [3.8, 4) is 0 Å². The Morgan fingerprint density at radius 3 is 2.76 bits per heavy atom. The van der Waals surface area contributed by atoms with Gasteiger partial charge in [0.25, 0.3) is 0 Å². The first-order chi connectivity index (χ1) is 7.92. The Morgan fingerprint density at radius 1 is 1.53 bits per heavy atom. The highest BCUT2D eigenvalue weighted by atomic mass is 35.5. The van der Waals surface area contributed by atoms with Crippen LogP contribution in [0.2, 0.25) is 5.02 Å². The zero-order valence-corrected chi connectivity index (χ0v) is 10.8. The van der Waals surface area contributed by atoms with Crippen LogP contribution in [0.5, 0.6) is 0 Å². The quantitative estimate of drug-likeness (QED) is 0.881. The SMILES string of the molecule is Cc1cc(Cl)ccc1N1CCC(C)(C(=O)O)C1. The van der Waals surface area contributed by atoms with Crippen LogP contribution in [-0.2, 0) is 4.79 Å². The van der Waals surface area contributed by atoms with Crippen LogP contribution in [0.3, 0.4) is 0 Å². The summed E-state index contributed by atoms with van der Waals surface area (Å²) in [7, 11) is 0. The second-order valence-electron chi connectivity index (χ2n) is 4.97. The summed E-state index contributed by atoms with van der Waals surface area (Å²) in [5.74, 6) is -0.716. The fraction of sp³-hybridized carbons (Fsp3) is 0.462.